The predicted octanol–water partition coefficient (Wildman–Crippen LogP) is 5.24. The molecule has 12 heteroatoms. The summed E-state index contributed by atoms with van der Waals surface area (Å²) >= 11 is 0. The summed E-state index contributed by atoms with van der Waals surface area (Å²) < 4.78 is 66.1. The molecule has 0 spiro atoms. The third-order valence-corrected chi connectivity index (χ3v) is 5.96. The second-order valence-corrected chi connectivity index (χ2v) is 8.93. The van der Waals surface area contributed by atoms with Crippen LogP contribution in [0.5, 0.6) is 28.7 Å². The molecule has 0 radical (unpaired) electrons. The van der Waals surface area contributed by atoms with E-state index in [4.69, 9.17) is 18.9 Å². The zero-order valence-corrected chi connectivity index (χ0v) is 21.6. The van der Waals surface area contributed by atoms with Crippen LogP contribution in [0.25, 0.3) is 10.9 Å². The van der Waals surface area contributed by atoms with Crippen molar-refractivity contribution >= 4 is 22.5 Å². The molecule has 9 nitrogen and oxygen atoms in total. The number of hydrogen-bond donors (Lipinski definition) is 2. The lowest BCUT2D eigenvalue weighted by molar-refractivity contribution is 0.102. The number of rotatable bonds is 11. The molecule has 4 aromatic rings. The maximum absolute atomic E-state index is 15.1. The van der Waals surface area contributed by atoms with Crippen LogP contribution < -0.4 is 29.6 Å². The standard InChI is InChI=1S/C28H25F3N4O5/c1-32-7-8-38-25-12-21-17(11-24(25)37-2)22(5-6-33-21)40-27-19(29)9-15(10-20(27)30)35-28(36)18-14-34-26(31)13-23(18)39-16-3-4-16/h5-6,9-14,16,32H,3-4,7-8H2,1-2H3,(H,35,36). The average Bonchev–Trinajstić information content (AvgIpc) is 3.74. The first-order valence-electron chi connectivity index (χ1n) is 12.4. The highest BCUT2D eigenvalue weighted by molar-refractivity contribution is 6.06. The maximum atomic E-state index is 15.1. The second-order valence-electron chi connectivity index (χ2n) is 8.93. The van der Waals surface area contributed by atoms with Crippen molar-refractivity contribution in [3.8, 4) is 28.7 Å². The monoisotopic (exact) mass is 554 g/mol. The van der Waals surface area contributed by atoms with E-state index in [0.29, 0.717) is 35.6 Å². The molecular formula is C28H25F3N4O5. The number of benzene rings is 2. The van der Waals surface area contributed by atoms with Crippen LogP contribution in [0.15, 0.2) is 48.8 Å². The number of carbonyl (C=O) groups is 1. The first kappa shape index (κ1) is 27.0. The largest absolute Gasteiger partial charge is 0.493 e. The summed E-state index contributed by atoms with van der Waals surface area (Å²) in [5, 5.41) is 5.81. The van der Waals surface area contributed by atoms with Crippen LogP contribution in [0.2, 0.25) is 0 Å². The molecule has 2 aromatic heterocycles. The molecule has 0 unspecified atom stereocenters. The van der Waals surface area contributed by atoms with Crippen molar-refractivity contribution in [3.05, 3.63) is 71.9 Å². The molecule has 40 heavy (non-hydrogen) atoms. The third-order valence-electron chi connectivity index (χ3n) is 5.96. The number of carbonyl (C=O) groups excluding carboxylic acids is 1. The number of nitrogens with one attached hydrogen (secondary N) is 2. The third kappa shape index (κ3) is 6.01. The number of nitrogens with zero attached hydrogens (tertiary/aromatic N) is 2. The number of halogens is 3. The summed E-state index contributed by atoms with van der Waals surface area (Å²) in [6.45, 7) is 1.00. The van der Waals surface area contributed by atoms with Gasteiger partial charge >= 0.3 is 0 Å². The molecule has 1 saturated carbocycles. The van der Waals surface area contributed by atoms with Crippen molar-refractivity contribution in [1.82, 2.24) is 15.3 Å². The van der Waals surface area contributed by atoms with Crippen molar-refractivity contribution in [2.75, 3.05) is 32.6 Å². The van der Waals surface area contributed by atoms with Gasteiger partial charge in [0.15, 0.2) is 28.9 Å². The Balaban J connectivity index is 1.38. The number of fused-ring (bicyclic) bond motifs is 1. The van der Waals surface area contributed by atoms with Crippen molar-refractivity contribution in [2.24, 2.45) is 0 Å². The number of likely N-dealkylation sites (N-methyl/N-ethyl adjacent to an activating group) is 1. The average molecular weight is 555 g/mol. The fraction of sp³-hybridized carbons (Fsp3) is 0.250. The Morgan fingerprint density at radius 1 is 1.00 bits per heavy atom. The number of hydrogen-bond acceptors (Lipinski definition) is 8. The Morgan fingerprint density at radius 3 is 2.48 bits per heavy atom. The topological polar surface area (TPSA) is 104 Å². The number of methoxy groups -OCH3 is 1. The fourth-order valence-electron chi connectivity index (χ4n) is 3.84. The van der Waals surface area contributed by atoms with Gasteiger partial charge in [-0.2, -0.15) is 4.39 Å². The highest BCUT2D eigenvalue weighted by atomic mass is 19.1. The Bertz CT molecular complexity index is 1540. The van der Waals surface area contributed by atoms with Gasteiger partial charge in [-0.15, -0.1) is 0 Å². The molecule has 1 aliphatic carbocycles. The van der Waals surface area contributed by atoms with Gasteiger partial charge < -0.3 is 29.6 Å². The molecule has 2 N–H and O–H groups in total. The number of anilines is 1. The molecule has 0 bridgehead atoms. The van der Waals surface area contributed by atoms with Crippen molar-refractivity contribution in [2.45, 2.75) is 18.9 Å². The van der Waals surface area contributed by atoms with Gasteiger partial charge in [0, 0.05) is 54.3 Å². The molecule has 208 valence electrons. The Hall–Kier alpha value is -4.58. The van der Waals surface area contributed by atoms with Gasteiger partial charge in [-0.3, -0.25) is 9.78 Å². The normalized spacial score (nSPS) is 12.7. The van der Waals surface area contributed by atoms with E-state index in [0.717, 1.165) is 37.2 Å². The van der Waals surface area contributed by atoms with Gasteiger partial charge in [0.05, 0.1) is 18.7 Å². The van der Waals surface area contributed by atoms with Gasteiger partial charge in [-0.05, 0) is 32.0 Å². The summed E-state index contributed by atoms with van der Waals surface area (Å²) in [5.74, 6) is -3.42. The molecule has 0 aliphatic heterocycles. The minimum Gasteiger partial charge on any atom is -0.493 e. The molecule has 1 amide bonds. The van der Waals surface area contributed by atoms with Crippen molar-refractivity contribution in [3.63, 3.8) is 0 Å². The van der Waals surface area contributed by atoms with Crippen LogP contribution in [0.3, 0.4) is 0 Å². The zero-order chi connectivity index (χ0) is 28.2. The summed E-state index contributed by atoms with van der Waals surface area (Å²) in [6.07, 6.45) is 3.90. The SMILES string of the molecule is CNCCOc1cc2nccc(Oc3c(F)cc(NC(=O)c4cnc(F)cc4OC4CC4)cc3F)c2cc1OC. The molecule has 5 rings (SSSR count). The van der Waals surface area contributed by atoms with E-state index >= 15 is 8.78 Å². The van der Waals surface area contributed by atoms with Gasteiger partial charge in [0.25, 0.3) is 5.91 Å². The van der Waals surface area contributed by atoms with Gasteiger partial charge in [0.2, 0.25) is 5.95 Å². The smallest absolute Gasteiger partial charge is 0.261 e. The number of amides is 1. The van der Waals surface area contributed by atoms with E-state index in [-0.39, 0.29) is 28.9 Å². The Morgan fingerprint density at radius 2 is 1.77 bits per heavy atom. The van der Waals surface area contributed by atoms with Crippen LogP contribution in [-0.2, 0) is 0 Å². The van der Waals surface area contributed by atoms with E-state index in [1.54, 1.807) is 19.2 Å². The van der Waals surface area contributed by atoms with Crippen LogP contribution in [0.4, 0.5) is 18.9 Å². The minimum atomic E-state index is -1.06. The van der Waals surface area contributed by atoms with Crippen LogP contribution in [0.1, 0.15) is 23.2 Å². The van der Waals surface area contributed by atoms with Crippen LogP contribution >= 0.6 is 0 Å². The lowest BCUT2D eigenvalue weighted by atomic mass is 10.1. The maximum Gasteiger partial charge on any atom is 0.261 e. The highest BCUT2D eigenvalue weighted by Crippen LogP contribution is 2.39. The predicted molar refractivity (Wildman–Crippen MR) is 140 cm³/mol. The highest BCUT2D eigenvalue weighted by Gasteiger charge is 2.27. The quantitative estimate of drug-likeness (QED) is 0.192. The van der Waals surface area contributed by atoms with Gasteiger partial charge in [-0.1, -0.05) is 0 Å². The zero-order valence-electron chi connectivity index (χ0n) is 21.6. The van der Waals surface area contributed by atoms with Crippen molar-refractivity contribution < 1.29 is 36.9 Å². The Kier molecular flexibility index (Phi) is 7.87. The summed E-state index contributed by atoms with van der Waals surface area (Å²) in [6, 6.07) is 7.53. The molecule has 1 fully saturated rings. The number of aromatic nitrogens is 2. The molecule has 0 atom stereocenters. The fourth-order valence-corrected chi connectivity index (χ4v) is 3.84. The summed E-state index contributed by atoms with van der Waals surface area (Å²) in [7, 11) is 3.27. The molecule has 0 saturated heterocycles. The lowest BCUT2D eigenvalue weighted by Gasteiger charge is -2.15. The van der Waals surface area contributed by atoms with Gasteiger partial charge in [-0.25, -0.2) is 13.8 Å². The van der Waals surface area contributed by atoms with E-state index in [1.807, 2.05) is 0 Å². The van der Waals surface area contributed by atoms with Crippen LogP contribution in [-0.4, -0.2) is 49.3 Å². The van der Waals surface area contributed by atoms with Crippen LogP contribution in [0, 0.1) is 17.6 Å². The Labute approximate surface area is 227 Å². The molecule has 2 heterocycles. The number of pyridine rings is 2. The molecule has 1 aliphatic rings. The molecular weight excluding hydrogens is 529 g/mol. The van der Waals surface area contributed by atoms with E-state index in [1.165, 1.54) is 19.4 Å². The molecule has 2 aromatic carbocycles. The van der Waals surface area contributed by atoms with Gasteiger partial charge in [0.1, 0.15) is 23.7 Å². The lowest BCUT2D eigenvalue weighted by Crippen LogP contribution is -2.16. The summed E-state index contributed by atoms with van der Waals surface area (Å²) in [4.78, 5) is 20.6. The van der Waals surface area contributed by atoms with E-state index in [2.05, 4.69) is 20.6 Å². The first-order valence-corrected chi connectivity index (χ1v) is 12.4. The number of ether oxygens (including phenoxy) is 4. The first-order chi connectivity index (χ1) is 19.4. The van der Waals surface area contributed by atoms with E-state index in [9.17, 15) is 9.18 Å². The second kappa shape index (κ2) is 11.7. The van der Waals surface area contributed by atoms with E-state index < -0.39 is 29.2 Å². The summed E-state index contributed by atoms with van der Waals surface area (Å²) in [5.41, 5.74) is 0.208. The minimum absolute atomic E-state index is 0.00368. The van der Waals surface area contributed by atoms with Crippen molar-refractivity contribution in [1.29, 1.82) is 0 Å².